The van der Waals surface area contributed by atoms with Crippen molar-refractivity contribution in [2.24, 2.45) is 5.73 Å². The van der Waals surface area contributed by atoms with E-state index in [-0.39, 0.29) is 0 Å². The number of hydrogen-bond donors (Lipinski definition) is 1. The van der Waals surface area contributed by atoms with Gasteiger partial charge in [-0.2, -0.15) is 0 Å². The summed E-state index contributed by atoms with van der Waals surface area (Å²) >= 11 is 0. The second kappa shape index (κ2) is 5.85. The average Bonchev–Trinajstić information content (AvgIpc) is 2.40. The summed E-state index contributed by atoms with van der Waals surface area (Å²) in [6.45, 7) is 6.84. The molecule has 100 valence electrons. The fourth-order valence-corrected chi connectivity index (χ4v) is 2.02. The van der Waals surface area contributed by atoms with Gasteiger partial charge in [-0.1, -0.05) is 12.1 Å². The molecular formula is C16H20N2O. The van der Waals surface area contributed by atoms with Crippen LogP contribution in [0, 0.1) is 20.8 Å². The molecule has 0 bridgehead atoms. The number of nitrogens with zero attached hydrogens (tertiary/aromatic N) is 1. The van der Waals surface area contributed by atoms with Gasteiger partial charge in [-0.15, -0.1) is 0 Å². The molecule has 0 unspecified atom stereocenters. The summed E-state index contributed by atoms with van der Waals surface area (Å²) in [7, 11) is 0. The van der Waals surface area contributed by atoms with Gasteiger partial charge in [-0.05, 0) is 62.1 Å². The highest BCUT2D eigenvalue weighted by molar-refractivity contribution is 5.46. The zero-order chi connectivity index (χ0) is 13.8. The normalized spacial score (nSPS) is 10.5. The molecule has 2 aromatic rings. The lowest BCUT2D eigenvalue weighted by atomic mass is 10.1. The van der Waals surface area contributed by atoms with E-state index in [1.807, 2.05) is 12.3 Å². The molecule has 19 heavy (non-hydrogen) atoms. The van der Waals surface area contributed by atoms with Crippen molar-refractivity contribution in [3.63, 3.8) is 0 Å². The van der Waals surface area contributed by atoms with E-state index in [4.69, 9.17) is 10.5 Å². The molecule has 3 nitrogen and oxygen atoms in total. The van der Waals surface area contributed by atoms with Gasteiger partial charge in [0.2, 0.25) is 0 Å². The summed E-state index contributed by atoms with van der Waals surface area (Å²) in [5, 5.41) is 0. The van der Waals surface area contributed by atoms with E-state index >= 15 is 0 Å². The number of benzene rings is 1. The van der Waals surface area contributed by atoms with E-state index in [0.717, 1.165) is 29.0 Å². The maximum atomic E-state index is 6.00. The van der Waals surface area contributed by atoms with Crippen LogP contribution in [0.2, 0.25) is 0 Å². The fourth-order valence-electron chi connectivity index (χ4n) is 2.02. The fraction of sp³-hybridized carbons (Fsp3) is 0.312. The van der Waals surface area contributed by atoms with Crippen LogP contribution >= 0.6 is 0 Å². The van der Waals surface area contributed by atoms with Gasteiger partial charge in [0.05, 0.1) is 6.20 Å². The molecule has 0 spiro atoms. The predicted octanol–water partition coefficient (Wildman–Crippen LogP) is 3.30. The second-order valence-corrected chi connectivity index (χ2v) is 4.82. The topological polar surface area (TPSA) is 48.1 Å². The third-order valence-corrected chi connectivity index (χ3v) is 3.30. The zero-order valence-corrected chi connectivity index (χ0v) is 11.7. The Balaban J connectivity index is 2.31. The third-order valence-electron chi connectivity index (χ3n) is 3.30. The molecule has 2 N–H and O–H groups in total. The van der Waals surface area contributed by atoms with Gasteiger partial charge < -0.3 is 10.5 Å². The molecule has 0 atom stereocenters. The number of hydrogen-bond acceptors (Lipinski definition) is 3. The Morgan fingerprint density at radius 3 is 2.58 bits per heavy atom. The summed E-state index contributed by atoms with van der Waals surface area (Å²) in [5.74, 6) is 1.69. The minimum atomic E-state index is 0.619. The summed E-state index contributed by atoms with van der Waals surface area (Å²) < 4.78 is 6.00. The Morgan fingerprint density at radius 2 is 1.84 bits per heavy atom. The van der Waals surface area contributed by atoms with Crippen LogP contribution in [-0.2, 0) is 6.42 Å². The molecule has 0 aliphatic carbocycles. The first-order chi connectivity index (χ1) is 9.11. The minimum absolute atomic E-state index is 0.619. The van der Waals surface area contributed by atoms with Crippen molar-refractivity contribution < 1.29 is 4.74 Å². The maximum Gasteiger partial charge on any atom is 0.146 e. The van der Waals surface area contributed by atoms with Crippen LogP contribution in [0.25, 0.3) is 0 Å². The van der Waals surface area contributed by atoms with Crippen LogP contribution in [0.5, 0.6) is 11.5 Å². The van der Waals surface area contributed by atoms with Crippen molar-refractivity contribution in [2.45, 2.75) is 27.2 Å². The van der Waals surface area contributed by atoms with Crippen LogP contribution in [-0.4, -0.2) is 11.5 Å². The third kappa shape index (κ3) is 3.12. The first kappa shape index (κ1) is 13.6. The largest absolute Gasteiger partial charge is 0.455 e. The van der Waals surface area contributed by atoms with Gasteiger partial charge in [-0.25, -0.2) is 0 Å². The molecular weight excluding hydrogens is 236 g/mol. The van der Waals surface area contributed by atoms with Crippen LogP contribution in [0.4, 0.5) is 0 Å². The Morgan fingerprint density at radius 1 is 1.11 bits per heavy atom. The smallest absolute Gasteiger partial charge is 0.146 e. The Labute approximate surface area is 114 Å². The molecule has 2 rings (SSSR count). The van der Waals surface area contributed by atoms with Gasteiger partial charge >= 0.3 is 0 Å². The van der Waals surface area contributed by atoms with E-state index in [1.165, 1.54) is 11.1 Å². The molecule has 0 saturated carbocycles. The lowest BCUT2D eigenvalue weighted by Crippen LogP contribution is -2.03. The van der Waals surface area contributed by atoms with Gasteiger partial charge in [0, 0.05) is 6.20 Å². The molecule has 3 heteroatoms. The summed E-state index contributed by atoms with van der Waals surface area (Å²) in [4.78, 5) is 4.20. The van der Waals surface area contributed by atoms with Crippen LogP contribution in [0.1, 0.15) is 22.3 Å². The monoisotopic (exact) mass is 256 g/mol. The van der Waals surface area contributed by atoms with Crippen molar-refractivity contribution in [3.8, 4) is 11.5 Å². The highest BCUT2D eigenvalue weighted by atomic mass is 16.5. The highest BCUT2D eigenvalue weighted by Gasteiger charge is 2.08. The lowest BCUT2D eigenvalue weighted by molar-refractivity contribution is 0.471. The molecule has 0 radical (unpaired) electrons. The highest BCUT2D eigenvalue weighted by Crippen LogP contribution is 2.30. The quantitative estimate of drug-likeness (QED) is 0.913. The standard InChI is InChI=1S/C16H20N2O/c1-11-4-5-12(2)16(13(11)3)19-15-8-14(6-7-17)9-18-10-15/h4-5,8-10H,6-7,17H2,1-3H3. The van der Waals surface area contributed by atoms with E-state index in [1.54, 1.807) is 6.20 Å². The Kier molecular flexibility index (Phi) is 4.17. The van der Waals surface area contributed by atoms with Crippen molar-refractivity contribution in [1.82, 2.24) is 4.98 Å². The minimum Gasteiger partial charge on any atom is -0.455 e. The molecule has 0 aliphatic heterocycles. The number of rotatable bonds is 4. The van der Waals surface area contributed by atoms with E-state index in [0.29, 0.717) is 6.54 Å². The summed E-state index contributed by atoms with van der Waals surface area (Å²) in [6, 6.07) is 6.19. The lowest BCUT2D eigenvalue weighted by Gasteiger charge is -2.14. The van der Waals surface area contributed by atoms with Gasteiger partial charge in [0.15, 0.2) is 0 Å². The van der Waals surface area contributed by atoms with E-state index < -0.39 is 0 Å². The first-order valence-corrected chi connectivity index (χ1v) is 6.50. The van der Waals surface area contributed by atoms with E-state index in [9.17, 15) is 0 Å². The zero-order valence-electron chi connectivity index (χ0n) is 11.7. The molecule has 0 fully saturated rings. The molecule has 0 aliphatic rings. The van der Waals surface area contributed by atoms with Crippen LogP contribution in [0.15, 0.2) is 30.6 Å². The number of pyridine rings is 1. The van der Waals surface area contributed by atoms with Crippen molar-refractivity contribution in [3.05, 3.63) is 52.8 Å². The van der Waals surface area contributed by atoms with E-state index in [2.05, 4.69) is 37.9 Å². The predicted molar refractivity (Wildman–Crippen MR) is 77.7 cm³/mol. The second-order valence-electron chi connectivity index (χ2n) is 4.82. The maximum absolute atomic E-state index is 6.00. The van der Waals surface area contributed by atoms with Crippen LogP contribution in [0.3, 0.4) is 0 Å². The van der Waals surface area contributed by atoms with Gasteiger partial charge in [-0.3, -0.25) is 4.98 Å². The molecule has 0 amide bonds. The average molecular weight is 256 g/mol. The van der Waals surface area contributed by atoms with Crippen molar-refractivity contribution >= 4 is 0 Å². The number of ether oxygens (including phenoxy) is 1. The molecule has 1 heterocycles. The van der Waals surface area contributed by atoms with Gasteiger partial charge in [0.25, 0.3) is 0 Å². The molecule has 1 aromatic heterocycles. The number of aromatic nitrogens is 1. The van der Waals surface area contributed by atoms with Crippen molar-refractivity contribution in [2.75, 3.05) is 6.54 Å². The molecule has 1 aromatic carbocycles. The van der Waals surface area contributed by atoms with Crippen molar-refractivity contribution in [1.29, 1.82) is 0 Å². The Hall–Kier alpha value is -1.87. The SMILES string of the molecule is Cc1ccc(C)c(Oc2cncc(CCN)c2)c1C. The Bertz CT molecular complexity index is 579. The number of aryl methyl sites for hydroxylation is 2. The van der Waals surface area contributed by atoms with Crippen LogP contribution < -0.4 is 10.5 Å². The van der Waals surface area contributed by atoms with Gasteiger partial charge in [0.1, 0.15) is 11.5 Å². The summed E-state index contributed by atoms with van der Waals surface area (Å²) in [5.41, 5.74) is 10.2. The summed E-state index contributed by atoms with van der Waals surface area (Å²) in [6.07, 6.45) is 4.38. The number of nitrogens with two attached hydrogens (primary N) is 1. The molecule has 0 saturated heterocycles. The first-order valence-electron chi connectivity index (χ1n) is 6.50.